The minimum atomic E-state index is -0.0776. The van der Waals surface area contributed by atoms with Crippen LogP contribution in [0.2, 0.25) is 0 Å². The van der Waals surface area contributed by atoms with Crippen LogP contribution in [0.5, 0.6) is 0 Å². The fraction of sp³-hybridized carbons (Fsp3) is 1.00. The molecule has 0 spiro atoms. The number of aliphatic hydroxyl groups excluding tert-OH is 1. The molecule has 13 heavy (non-hydrogen) atoms. The van der Waals surface area contributed by atoms with Crippen LogP contribution in [-0.4, -0.2) is 11.2 Å². The largest absolute Gasteiger partial charge is 0.393 e. The van der Waals surface area contributed by atoms with Crippen molar-refractivity contribution in [3.8, 4) is 0 Å². The fourth-order valence-electron chi connectivity index (χ4n) is 1.66. The van der Waals surface area contributed by atoms with E-state index in [4.69, 9.17) is 0 Å². The summed E-state index contributed by atoms with van der Waals surface area (Å²) < 4.78 is 0. The van der Waals surface area contributed by atoms with Crippen LogP contribution in [0.3, 0.4) is 0 Å². The molecule has 1 N–H and O–H groups in total. The maximum absolute atomic E-state index is 9.53. The Hall–Kier alpha value is -0.0400. The monoisotopic (exact) mass is 186 g/mol. The van der Waals surface area contributed by atoms with E-state index in [0.717, 1.165) is 6.42 Å². The van der Waals surface area contributed by atoms with Gasteiger partial charge in [0, 0.05) is 0 Å². The average molecular weight is 186 g/mol. The Morgan fingerprint density at radius 3 is 2.15 bits per heavy atom. The molecule has 0 rings (SSSR count). The molecule has 0 radical (unpaired) electrons. The Kier molecular flexibility index (Phi) is 8.53. The summed E-state index contributed by atoms with van der Waals surface area (Å²) in [4.78, 5) is 0. The lowest BCUT2D eigenvalue weighted by molar-refractivity contribution is 0.106. The van der Waals surface area contributed by atoms with Gasteiger partial charge in [-0.05, 0) is 18.8 Å². The number of aliphatic hydroxyl groups is 1. The van der Waals surface area contributed by atoms with E-state index in [9.17, 15) is 5.11 Å². The summed E-state index contributed by atoms with van der Waals surface area (Å²) in [6, 6.07) is 0. The topological polar surface area (TPSA) is 20.2 Å². The molecule has 2 atom stereocenters. The Morgan fingerprint density at radius 1 is 1.00 bits per heavy atom. The van der Waals surface area contributed by atoms with Gasteiger partial charge < -0.3 is 5.11 Å². The molecule has 2 unspecified atom stereocenters. The first kappa shape index (κ1) is 13.0. The first-order valence-corrected chi connectivity index (χ1v) is 5.90. The van der Waals surface area contributed by atoms with Crippen molar-refractivity contribution in [1.82, 2.24) is 0 Å². The van der Waals surface area contributed by atoms with Crippen molar-refractivity contribution in [3.05, 3.63) is 0 Å². The average Bonchev–Trinajstić information content (AvgIpc) is 2.16. The molecule has 0 amide bonds. The van der Waals surface area contributed by atoms with Crippen LogP contribution in [-0.2, 0) is 0 Å². The zero-order valence-corrected chi connectivity index (χ0v) is 9.55. The molecule has 1 heteroatoms. The number of hydrogen-bond acceptors (Lipinski definition) is 1. The highest BCUT2D eigenvalue weighted by Gasteiger charge is 2.10. The smallest absolute Gasteiger partial charge is 0.0563 e. The Labute approximate surface area is 83.5 Å². The lowest BCUT2D eigenvalue weighted by Crippen LogP contribution is -2.15. The van der Waals surface area contributed by atoms with Crippen molar-refractivity contribution in [2.24, 2.45) is 5.92 Å². The number of unbranched alkanes of at least 4 members (excludes halogenated alkanes) is 4. The van der Waals surface area contributed by atoms with E-state index >= 15 is 0 Å². The van der Waals surface area contributed by atoms with Gasteiger partial charge in [-0.25, -0.2) is 0 Å². The summed E-state index contributed by atoms with van der Waals surface area (Å²) in [6.45, 7) is 6.45. The second kappa shape index (κ2) is 8.55. The molecule has 0 bridgehead atoms. The highest BCUT2D eigenvalue weighted by molar-refractivity contribution is 4.62. The van der Waals surface area contributed by atoms with Crippen LogP contribution < -0.4 is 0 Å². The fourth-order valence-corrected chi connectivity index (χ4v) is 1.66. The molecule has 0 aromatic carbocycles. The predicted molar refractivity (Wildman–Crippen MR) is 58.8 cm³/mol. The summed E-state index contributed by atoms with van der Waals surface area (Å²) in [7, 11) is 0. The maximum atomic E-state index is 9.53. The van der Waals surface area contributed by atoms with Crippen LogP contribution in [0.4, 0.5) is 0 Å². The highest BCUT2D eigenvalue weighted by Crippen LogP contribution is 2.16. The molecular weight excluding hydrogens is 160 g/mol. The van der Waals surface area contributed by atoms with Gasteiger partial charge in [-0.15, -0.1) is 0 Å². The van der Waals surface area contributed by atoms with Gasteiger partial charge in [-0.3, -0.25) is 0 Å². The van der Waals surface area contributed by atoms with Crippen molar-refractivity contribution < 1.29 is 5.11 Å². The van der Waals surface area contributed by atoms with E-state index in [1.165, 1.54) is 38.5 Å². The standard InChI is InChI=1S/C12H26O/c1-4-6-7-8-9-10-11(3)12(13)5-2/h11-13H,4-10H2,1-3H3. The predicted octanol–water partition coefficient (Wildman–Crippen LogP) is 3.75. The summed E-state index contributed by atoms with van der Waals surface area (Å²) in [5.41, 5.74) is 0. The van der Waals surface area contributed by atoms with Gasteiger partial charge in [0.1, 0.15) is 0 Å². The summed E-state index contributed by atoms with van der Waals surface area (Å²) >= 11 is 0. The zero-order valence-electron chi connectivity index (χ0n) is 9.55. The molecule has 0 aliphatic carbocycles. The second-order valence-electron chi connectivity index (χ2n) is 4.16. The van der Waals surface area contributed by atoms with Crippen molar-refractivity contribution in [2.45, 2.75) is 71.8 Å². The lowest BCUT2D eigenvalue weighted by atomic mass is 9.95. The van der Waals surface area contributed by atoms with Crippen LogP contribution >= 0.6 is 0 Å². The van der Waals surface area contributed by atoms with Gasteiger partial charge in [-0.1, -0.05) is 52.9 Å². The molecule has 0 aromatic heterocycles. The lowest BCUT2D eigenvalue weighted by Gasteiger charge is -2.16. The van der Waals surface area contributed by atoms with E-state index in [1.807, 2.05) is 0 Å². The van der Waals surface area contributed by atoms with Crippen molar-refractivity contribution >= 4 is 0 Å². The molecular formula is C12H26O. The normalized spacial score (nSPS) is 15.7. The third-order valence-corrected chi connectivity index (χ3v) is 2.84. The van der Waals surface area contributed by atoms with Crippen molar-refractivity contribution in [2.75, 3.05) is 0 Å². The molecule has 80 valence electrons. The van der Waals surface area contributed by atoms with E-state index in [1.54, 1.807) is 0 Å². The van der Waals surface area contributed by atoms with E-state index in [-0.39, 0.29) is 6.10 Å². The van der Waals surface area contributed by atoms with Crippen LogP contribution in [0, 0.1) is 5.92 Å². The van der Waals surface area contributed by atoms with Gasteiger partial charge in [0.15, 0.2) is 0 Å². The quantitative estimate of drug-likeness (QED) is 0.572. The van der Waals surface area contributed by atoms with Gasteiger partial charge in [0.25, 0.3) is 0 Å². The van der Waals surface area contributed by atoms with E-state index < -0.39 is 0 Å². The molecule has 0 saturated carbocycles. The Balaban J connectivity index is 3.21. The molecule has 0 fully saturated rings. The highest BCUT2D eigenvalue weighted by atomic mass is 16.3. The zero-order chi connectivity index (χ0) is 10.1. The molecule has 1 nitrogen and oxygen atoms in total. The maximum Gasteiger partial charge on any atom is 0.0563 e. The van der Waals surface area contributed by atoms with E-state index in [0.29, 0.717) is 5.92 Å². The molecule has 0 saturated heterocycles. The molecule has 0 aliphatic heterocycles. The van der Waals surface area contributed by atoms with E-state index in [2.05, 4.69) is 20.8 Å². The van der Waals surface area contributed by atoms with Crippen molar-refractivity contribution in [1.29, 1.82) is 0 Å². The first-order valence-electron chi connectivity index (χ1n) is 5.90. The Morgan fingerprint density at radius 2 is 1.62 bits per heavy atom. The number of rotatable bonds is 8. The van der Waals surface area contributed by atoms with Crippen molar-refractivity contribution in [3.63, 3.8) is 0 Å². The summed E-state index contributed by atoms with van der Waals surface area (Å²) in [5.74, 6) is 0.492. The van der Waals surface area contributed by atoms with Gasteiger partial charge in [-0.2, -0.15) is 0 Å². The minimum Gasteiger partial charge on any atom is -0.393 e. The van der Waals surface area contributed by atoms with Gasteiger partial charge in [0.05, 0.1) is 6.10 Å². The third kappa shape index (κ3) is 7.06. The third-order valence-electron chi connectivity index (χ3n) is 2.84. The number of hydrogen-bond donors (Lipinski definition) is 1. The molecule has 0 heterocycles. The first-order chi connectivity index (χ1) is 6.22. The van der Waals surface area contributed by atoms with Crippen LogP contribution in [0.1, 0.15) is 65.7 Å². The minimum absolute atomic E-state index is 0.0776. The summed E-state index contributed by atoms with van der Waals surface area (Å²) in [5, 5.41) is 9.53. The van der Waals surface area contributed by atoms with Gasteiger partial charge >= 0.3 is 0 Å². The molecule has 0 aromatic rings. The second-order valence-corrected chi connectivity index (χ2v) is 4.16. The summed E-state index contributed by atoms with van der Waals surface area (Å²) in [6.07, 6.45) is 8.69. The van der Waals surface area contributed by atoms with Crippen LogP contribution in [0.15, 0.2) is 0 Å². The van der Waals surface area contributed by atoms with Crippen LogP contribution in [0.25, 0.3) is 0 Å². The molecule has 0 aliphatic rings. The Bertz CT molecular complexity index is 101. The SMILES string of the molecule is CCCCCCCC(C)C(O)CC. The van der Waals surface area contributed by atoms with Gasteiger partial charge in [0.2, 0.25) is 0 Å².